The first-order valence-corrected chi connectivity index (χ1v) is 10.9. The van der Waals surface area contributed by atoms with Crippen molar-refractivity contribution in [2.45, 2.75) is 18.4 Å². The molecule has 0 atom stereocenters. The Labute approximate surface area is 181 Å². The van der Waals surface area contributed by atoms with E-state index in [2.05, 4.69) is 5.32 Å². The predicted octanol–water partition coefficient (Wildman–Crippen LogP) is 4.22. The van der Waals surface area contributed by atoms with Crippen LogP contribution in [0.2, 0.25) is 0 Å². The molecule has 31 heavy (non-hydrogen) atoms. The van der Waals surface area contributed by atoms with Crippen LogP contribution in [0.1, 0.15) is 21.5 Å². The van der Waals surface area contributed by atoms with Gasteiger partial charge in [0.25, 0.3) is 5.91 Å². The van der Waals surface area contributed by atoms with Gasteiger partial charge in [0.1, 0.15) is 16.5 Å². The largest absolute Gasteiger partial charge is 0.495 e. The average Bonchev–Trinajstić information content (AvgIpc) is 2.76. The summed E-state index contributed by atoms with van der Waals surface area (Å²) in [7, 11) is -1.13. The highest BCUT2D eigenvalue weighted by Gasteiger charge is 2.26. The van der Waals surface area contributed by atoms with Gasteiger partial charge in [-0.1, -0.05) is 36.4 Å². The standard InChI is InChI=1S/C23H23FN2O4S/c1-16-9-11-19(24)14-20(16)25-23(27)18-10-12-21(30-3)22(13-18)31(28,29)26(2)15-17-7-5-4-6-8-17/h4-14H,15H2,1-3H3,(H,25,27). The second kappa shape index (κ2) is 9.28. The van der Waals surface area contributed by atoms with E-state index in [1.165, 1.54) is 48.8 Å². The Kier molecular flexibility index (Phi) is 6.72. The number of methoxy groups -OCH3 is 1. The Morgan fingerprint density at radius 2 is 1.77 bits per heavy atom. The fourth-order valence-corrected chi connectivity index (χ4v) is 4.37. The first kappa shape index (κ1) is 22.5. The monoisotopic (exact) mass is 442 g/mol. The van der Waals surface area contributed by atoms with Gasteiger partial charge in [0.15, 0.2) is 0 Å². The van der Waals surface area contributed by atoms with E-state index >= 15 is 0 Å². The molecule has 3 rings (SSSR count). The third-order valence-corrected chi connectivity index (χ3v) is 6.63. The summed E-state index contributed by atoms with van der Waals surface area (Å²) in [6.45, 7) is 1.89. The molecule has 0 aliphatic rings. The van der Waals surface area contributed by atoms with Crippen LogP contribution < -0.4 is 10.1 Å². The lowest BCUT2D eigenvalue weighted by molar-refractivity contribution is 0.102. The van der Waals surface area contributed by atoms with Gasteiger partial charge in [0.05, 0.1) is 7.11 Å². The van der Waals surface area contributed by atoms with Crippen LogP contribution in [-0.4, -0.2) is 32.8 Å². The maximum atomic E-state index is 13.5. The van der Waals surface area contributed by atoms with Gasteiger partial charge in [-0.3, -0.25) is 4.79 Å². The van der Waals surface area contributed by atoms with Crippen LogP contribution in [0.25, 0.3) is 0 Å². The van der Waals surface area contributed by atoms with Crippen molar-refractivity contribution >= 4 is 21.6 Å². The summed E-state index contributed by atoms with van der Waals surface area (Å²) in [5.41, 5.74) is 1.92. The number of nitrogens with one attached hydrogen (secondary N) is 1. The molecular weight excluding hydrogens is 419 g/mol. The van der Waals surface area contributed by atoms with E-state index in [9.17, 15) is 17.6 Å². The summed E-state index contributed by atoms with van der Waals surface area (Å²) >= 11 is 0. The molecule has 0 fully saturated rings. The van der Waals surface area contributed by atoms with Gasteiger partial charge in [-0.05, 0) is 48.4 Å². The molecule has 8 heteroatoms. The van der Waals surface area contributed by atoms with Gasteiger partial charge in [0.2, 0.25) is 10.0 Å². The predicted molar refractivity (Wildman–Crippen MR) is 117 cm³/mol. The molecule has 0 aromatic heterocycles. The molecule has 0 spiro atoms. The fourth-order valence-electron chi connectivity index (χ4n) is 3.04. The van der Waals surface area contributed by atoms with Crippen molar-refractivity contribution < 1.29 is 22.3 Å². The molecule has 3 aromatic carbocycles. The van der Waals surface area contributed by atoms with Crippen LogP contribution in [0, 0.1) is 12.7 Å². The number of benzene rings is 3. The smallest absolute Gasteiger partial charge is 0.255 e. The van der Waals surface area contributed by atoms with Crippen molar-refractivity contribution in [2.75, 3.05) is 19.5 Å². The van der Waals surface area contributed by atoms with Crippen molar-refractivity contribution in [2.24, 2.45) is 0 Å². The summed E-state index contributed by atoms with van der Waals surface area (Å²) < 4.78 is 46.4. The number of aryl methyl sites for hydroxylation is 1. The SMILES string of the molecule is COc1ccc(C(=O)Nc2cc(F)ccc2C)cc1S(=O)(=O)N(C)Cc1ccccc1. The van der Waals surface area contributed by atoms with E-state index < -0.39 is 21.7 Å². The third kappa shape index (κ3) is 5.10. The molecule has 162 valence electrons. The number of nitrogens with zero attached hydrogens (tertiary/aromatic N) is 1. The quantitative estimate of drug-likeness (QED) is 0.595. The Hall–Kier alpha value is -3.23. The van der Waals surface area contributed by atoms with Crippen LogP contribution in [0.4, 0.5) is 10.1 Å². The van der Waals surface area contributed by atoms with E-state index in [1.807, 2.05) is 30.3 Å². The van der Waals surface area contributed by atoms with Gasteiger partial charge in [0, 0.05) is 24.8 Å². The zero-order chi connectivity index (χ0) is 22.6. The highest BCUT2D eigenvalue weighted by atomic mass is 32.2. The number of rotatable bonds is 7. The van der Waals surface area contributed by atoms with Gasteiger partial charge in [-0.2, -0.15) is 4.31 Å². The second-order valence-electron chi connectivity index (χ2n) is 7.03. The van der Waals surface area contributed by atoms with Crippen molar-refractivity contribution in [3.8, 4) is 5.75 Å². The fraction of sp³-hybridized carbons (Fsp3) is 0.174. The molecule has 0 aliphatic heterocycles. The molecule has 6 nitrogen and oxygen atoms in total. The first-order valence-electron chi connectivity index (χ1n) is 9.48. The number of hydrogen-bond acceptors (Lipinski definition) is 4. The Morgan fingerprint density at radius 1 is 1.06 bits per heavy atom. The minimum absolute atomic E-state index is 0.108. The molecule has 1 N–H and O–H groups in total. The Balaban J connectivity index is 1.92. The molecule has 0 radical (unpaired) electrons. The Bertz CT molecular complexity index is 1200. The maximum Gasteiger partial charge on any atom is 0.255 e. The molecule has 0 saturated heterocycles. The van der Waals surface area contributed by atoms with E-state index in [0.29, 0.717) is 11.3 Å². The number of carbonyl (C=O) groups excluding carboxylic acids is 1. The molecule has 0 unspecified atom stereocenters. The van der Waals surface area contributed by atoms with Gasteiger partial charge >= 0.3 is 0 Å². The van der Waals surface area contributed by atoms with E-state index in [1.54, 1.807) is 13.0 Å². The lowest BCUT2D eigenvalue weighted by Gasteiger charge is -2.19. The number of sulfonamides is 1. The number of ether oxygens (including phenoxy) is 1. The first-order chi connectivity index (χ1) is 14.7. The van der Waals surface area contributed by atoms with Crippen LogP contribution in [0.5, 0.6) is 5.75 Å². The van der Waals surface area contributed by atoms with E-state index in [0.717, 1.165) is 5.56 Å². The van der Waals surface area contributed by atoms with Crippen molar-refractivity contribution in [1.29, 1.82) is 0 Å². The summed E-state index contributed by atoms with van der Waals surface area (Å²) in [6, 6.07) is 17.4. The normalized spacial score (nSPS) is 11.4. The van der Waals surface area contributed by atoms with Crippen LogP contribution >= 0.6 is 0 Å². The van der Waals surface area contributed by atoms with Crippen molar-refractivity contribution in [1.82, 2.24) is 4.31 Å². The molecule has 0 saturated carbocycles. The van der Waals surface area contributed by atoms with Gasteiger partial charge < -0.3 is 10.1 Å². The van der Waals surface area contributed by atoms with Gasteiger partial charge in [-0.25, -0.2) is 12.8 Å². The lowest BCUT2D eigenvalue weighted by Crippen LogP contribution is -2.27. The summed E-state index contributed by atoms with van der Waals surface area (Å²) in [6.07, 6.45) is 0. The third-order valence-electron chi connectivity index (χ3n) is 4.81. The highest BCUT2D eigenvalue weighted by Crippen LogP contribution is 2.29. The molecule has 1 amide bonds. The van der Waals surface area contributed by atoms with Gasteiger partial charge in [-0.15, -0.1) is 0 Å². The zero-order valence-electron chi connectivity index (χ0n) is 17.4. The Morgan fingerprint density at radius 3 is 2.45 bits per heavy atom. The summed E-state index contributed by atoms with van der Waals surface area (Å²) in [5.74, 6) is -0.918. The number of halogens is 1. The number of hydrogen-bond donors (Lipinski definition) is 1. The van der Waals surface area contributed by atoms with Crippen LogP contribution in [0.3, 0.4) is 0 Å². The maximum absolute atomic E-state index is 13.5. The molecule has 0 aliphatic carbocycles. The topological polar surface area (TPSA) is 75.7 Å². The molecule has 0 heterocycles. The van der Waals surface area contributed by atoms with E-state index in [4.69, 9.17) is 4.74 Å². The minimum atomic E-state index is -3.96. The zero-order valence-corrected chi connectivity index (χ0v) is 18.2. The van der Waals surface area contributed by atoms with E-state index in [-0.39, 0.29) is 22.8 Å². The van der Waals surface area contributed by atoms with Crippen LogP contribution in [0.15, 0.2) is 71.6 Å². The minimum Gasteiger partial charge on any atom is -0.495 e. The number of amides is 1. The molecule has 3 aromatic rings. The average molecular weight is 443 g/mol. The second-order valence-corrected chi connectivity index (χ2v) is 9.04. The van der Waals surface area contributed by atoms with Crippen LogP contribution in [-0.2, 0) is 16.6 Å². The summed E-state index contributed by atoms with van der Waals surface area (Å²) in [4.78, 5) is 12.6. The van der Waals surface area contributed by atoms with Crippen molar-refractivity contribution in [3.63, 3.8) is 0 Å². The number of carbonyl (C=O) groups is 1. The summed E-state index contributed by atoms with van der Waals surface area (Å²) in [5, 5.41) is 2.62. The highest BCUT2D eigenvalue weighted by molar-refractivity contribution is 7.89. The number of anilines is 1. The lowest BCUT2D eigenvalue weighted by atomic mass is 10.1. The molecule has 0 bridgehead atoms. The van der Waals surface area contributed by atoms with Crippen molar-refractivity contribution in [3.05, 3.63) is 89.2 Å². The molecular formula is C23H23FN2O4S.